The summed E-state index contributed by atoms with van der Waals surface area (Å²) in [5.74, 6) is -3.77. The van der Waals surface area contributed by atoms with Gasteiger partial charge in [-0.2, -0.15) is 0 Å². The molecule has 0 aliphatic heterocycles. The molecule has 130 valence electrons. The number of carboxylic acids is 3. The summed E-state index contributed by atoms with van der Waals surface area (Å²) in [6, 6.07) is -1.40. The van der Waals surface area contributed by atoms with Crippen molar-refractivity contribution in [3.05, 3.63) is 0 Å². The van der Waals surface area contributed by atoms with Crippen LogP contribution in [-0.2, 0) is 14.4 Å². The van der Waals surface area contributed by atoms with Crippen LogP contribution in [0.25, 0.3) is 0 Å². The summed E-state index contributed by atoms with van der Waals surface area (Å²) < 4.78 is 0. The van der Waals surface area contributed by atoms with Crippen LogP contribution >= 0.6 is 0 Å². The van der Waals surface area contributed by atoms with Crippen molar-refractivity contribution >= 4 is 24.0 Å². The van der Waals surface area contributed by atoms with Crippen LogP contribution in [0.3, 0.4) is 0 Å². The minimum absolute atomic E-state index is 0.361. The Bertz CT molecular complexity index is 465. The van der Waals surface area contributed by atoms with Gasteiger partial charge in [-0.3, -0.25) is 24.2 Å². The second kappa shape index (κ2) is 8.32. The third-order valence-corrected chi connectivity index (χ3v) is 3.79. The maximum absolute atomic E-state index is 11.4. The molecule has 0 heterocycles. The molecule has 0 aromatic heterocycles. The molecule has 1 amide bonds. The largest absolute Gasteiger partial charge is 0.480 e. The Hall–Kier alpha value is -2.36. The van der Waals surface area contributed by atoms with E-state index in [1.165, 1.54) is 4.90 Å². The van der Waals surface area contributed by atoms with Crippen molar-refractivity contribution in [1.82, 2.24) is 9.80 Å². The number of nitrogens with zero attached hydrogens (tertiary/aromatic N) is 2. The molecule has 2 unspecified atom stereocenters. The predicted molar refractivity (Wildman–Crippen MR) is 75.3 cm³/mol. The second-order valence-electron chi connectivity index (χ2n) is 5.42. The van der Waals surface area contributed by atoms with Gasteiger partial charge in [0.15, 0.2) is 0 Å². The van der Waals surface area contributed by atoms with Gasteiger partial charge in [-0.15, -0.1) is 0 Å². The van der Waals surface area contributed by atoms with Gasteiger partial charge in [-0.05, 0) is 12.8 Å². The standard InChI is InChI=1S/C13H20N2O8/c16-10(17)5-14(6-11(18)19)8-3-1-2-4-9(8)15(13(22)23)7-12(20)21/h8-9H,1-7H2,(H,16,17)(H,18,19)(H,20,21)(H,22,23). The Kier molecular flexibility index (Phi) is 6.76. The molecule has 0 aromatic rings. The van der Waals surface area contributed by atoms with E-state index in [1.807, 2.05) is 0 Å². The summed E-state index contributed by atoms with van der Waals surface area (Å²) in [5.41, 5.74) is 0. The van der Waals surface area contributed by atoms with Crippen LogP contribution in [0.2, 0.25) is 0 Å². The number of hydrogen-bond acceptors (Lipinski definition) is 5. The number of carbonyl (C=O) groups is 4. The highest BCUT2D eigenvalue weighted by molar-refractivity contribution is 5.76. The molecular weight excluding hydrogens is 312 g/mol. The Morgan fingerprint density at radius 2 is 1.17 bits per heavy atom. The lowest BCUT2D eigenvalue weighted by Gasteiger charge is -2.42. The van der Waals surface area contributed by atoms with E-state index < -0.39 is 55.7 Å². The van der Waals surface area contributed by atoms with Crippen LogP contribution in [0.1, 0.15) is 25.7 Å². The van der Waals surface area contributed by atoms with Crippen molar-refractivity contribution in [2.24, 2.45) is 0 Å². The summed E-state index contributed by atoms with van der Waals surface area (Å²) >= 11 is 0. The van der Waals surface area contributed by atoms with Crippen molar-refractivity contribution in [2.45, 2.75) is 37.8 Å². The van der Waals surface area contributed by atoms with Gasteiger partial charge >= 0.3 is 24.0 Å². The zero-order valence-corrected chi connectivity index (χ0v) is 12.4. The van der Waals surface area contributed by atoms with Crippen LogP contribution in [-0.4, -0.2) is 85.9 Å². The molecule has 0 aromatic carbocycles. The molecule has 0 spiro atoms. The second-order valence-corrected chi connectivity index (χ2v) is 5.42. The van der Waals surface area contributed by atoms with Gasteiger partial charge in [0.25, 0.3) is 0 Å². The zero-order chi connectivity index (χ0) is 17.6. The fraction of sp³-hybridized carbons (Fsp3) is 0.692. The van der Waals surface area contributed by atoms with Crippen LogP contribution in [0.15, 0.2) is 0 Å². The van der Waals surface area contributed by atoms with E-state index in [-0.39, 0.29) is 0 Å². The number of carboxylic acid groups (broad SMARTS) is 4. The van der Waals surface area contributed by atoms with Crippen molar-refractivity contribution in [1.29, 1.82) is 0 Å². The van der Waals surface area contributed by atoms with E-state index in [2.05, 4.69) is 0 Å². The highest BCUT2D eigenvalue weighted by Gasteiger charge is 2.38. The maximum atomic E-state index is 11.4. The van der Waals surface area contributed by atoms with Crippen LogP contribution in [0.5, 0.6) is 0 Å². The molecule has 1 aliphatic rings. The molecule has 1 fully saturated rings. The molecule has 1 saturated carbocycles. The third-order valence-electron chi connectivity index (χ3n) is 3.79. The fourth-order valence-corrected chi connectivity index (χ4v) is 2.99. The van der Waals surface area contributed by atoms with Crippen molar-refractivity contribution in [2.75, 3.05) is 19.6 Å². The van der Waals surface area contributed by atoms with Crippen molar-refractivity contribution in [3.8, 4) is 0 Å². The van der Waals surface area contributed by atoms with Crippen LogP contribution in [0, 0.1) is 0 Å². The van der Waals surface area contributed by atoms with E-state index >= 15 is 0 Å². The number of hydrogen-bond donors (Lipinski definition) is 4. The Labute approximate surface area is 131 Å². The molecule has 1 aliphatic carbocycles. The molecule has 23 heavy (non-hydrogen) atoms. The van der Waals surface area contributed by atoms with Crippen molar-refractivity contribution < 1.29 is 39.6 Å². The molecule has 10 nitrogen and oxygen atoms in total. The third kappa shape index (κ3) is 5.74. The van der Waals surface area contributed by atoms with Gasteiger partial charge in [0.05, 0.1) is 19.1 Å². The molecule has 1 rings (SSSR count). The Morgan fingerprint density at radius 3 is 1.57 bits per heavy atom. The maximum Gasteiger partial charge on any atom is 0.408 e. The summed E-state index contributed by atoms with van der Waals surface area (Å²) in [6.45, 7) is -1.83. The number of rotatable bonds is 8. The topological polar surface area (TPSA) is 156 Å². The Morgan fingerprint density at radius 1 is 0.739 bits per heavy atom. The smallest absolute Gasteiger partial charge is 0.408 e. The highest BCUT2D eigenvalue weighted by atomic mass is 16.4. The molecule has 4 N–H and O–H groups in total. The first-order chi connectivity index (χ1) is 10.7. The lowest BCUT2D eigenvalue weighted by Crippen LogP contribution is -2.57. The Balaban J connectivity index is 3.04. The van der Waals surface area contributed by atoms with Crippen molar-refractivity contribution in [3.63, 3.8) is 0 Å². The first kappa shape index (κ1) is 18.7. The van der Waals surface area contributed by atoms with Gasteiger partial charge in [0.1, 0.15) is 6.54 Å². The SMILES string of the molecule is O=C(O)CN(CC(=O)O)C1CCCCC1N(CC(=O)O)C(=O)O. The molecule has 10 heteroatoms. The zero-order valence-electron chi connectivity index (χ0n) is 12.4. The lowest BCUT2D eigenvalue weighted by atomic mass is 9.88. The monoisotopic (exact) mass is 332 g/mol. The predicted octanol–water partition coefficient (Wildman–Crippen LogP) is -0.167. The normalized spacial score (nSPS) is 20.9. The van der Waals surface area contributed by atoms with E-state index in [0.717, 1.165) is 4.90 Å². The average Bonchev–Trinajstić information content (AvgIpc) is 2.42. The number of amides is 1. The minimum Gasteiger partial charge on any atom is -0.480 e. The van der Waals surface area contributed by atoms with Gasteiger partial charge in [0.2, 0.25) is 0 Å². The highest BCUT2D eigenvalue weighted by Crippen LogP contribution is 2.27. The van der Waals surface area contributed by atoms with Gasteiger partial charge in [-0.25, -0.2) is 4.79 Å². The first-order valence-electron chi connectivity index (χ1n) is 7.11. The van der Waals surface area contributed by atoms with Gasteiger partial charge in [-0.1, -0.05) is 12.8 Å². The summed E-state index contributed by atoms with van der Waals surface area (Å²) in [5, 5.41) is 36.0. The van der Waals surface area contributed by atoms with Gasteiger partial charge in [0, 0.05) is 6.04 Å². The summed E-state index contributed by atoms with van der Waals surface area (Å²) in [4.78, 5) is 46.1. The van der Waals surface area contributed by atoms with E-state index in [9.17, 15) is 24.3 Å². The molecule has 2 atom stereocenters. The molecule has 0 radical (unpaired) electrons. The van der Waals surface area contributed by atoms with Crippen LogP contribution < -0.4 is 0 Å². The average molecular weight is 332 g/mol. The van der Waals surface area contributed by atoms with Crippen LogP contribution in [0.4, 0.5) is 4.79 Å². The van der Waals surface area contributed by atoms with Gasteiger partial charge < -0.3 is 20.4 Å². The number of aliphatic carboxylic acids is 3. The molecular formula is C13H20N2O8. The summed E-state index contributed by atoms with van der Waals surface area (Å²) in [6.07, 6.45) is 0.708. The quantitative estimate of drug-likeness (QED) is 0.474. The van der Waals surface area contributed by atoms with E-state index in [0.29, 0.717) is 25.7 Å². The molecule has 0 bridgehead atoms. The lowest BCUT2D eigenvalue weighted by molar-refractivity contribution is -0.145. The van der Waals surface area contributed by atoms with E-state index in [4.69, 9.17) is 15.3 Å². The summed E-state index contributed by atoms with van der Waals surface area (Å²) in [7, 11) is 0. The van der Waals surface area contributed by atoms with E-state index in [1.54, 1.807) is 0 Å². The first-order valence-corrected chi connectivity index (χ1v) is 7.11. The fourth-order valence-electron chi connectivity index (χ4n) is 2.99. The minimum atomic E-state index is -1.42. The molecule has 0 saturated heterocycles.